The number of hydrogen-bond donors (Lipinski definition) is 0. The van der Waals surface area contributed by atoms with Gasteiger partial charge in [-0.15, -0.1) is 0 Å². The van der Waals surface area contributed by atoms with Gasteiger partial charge in [0.25, 0.3) is 0 Å². The molecule has 0 N–H and O–H groups in total. The summed E-state index contributed by atoms with van der Waals surface area (Å²) in [6, 6.07) is 0. The third-order valence-corrected chi connectivity index (χ3v) is 4.99. The SMILES string of the molecule is O=C1OC(=O)C2C3C=CC(CCCCCCCC3)C12. The molecule has 0 amide bonds. The first-order valence-electron chi connectivity index (χ1n) is 7.71. The van der Waals surface area contributed by atoms with Gasteiger partial charge in [-0.1, -0.05) is 50.7 Å². The minimum absolute atomic E-state index is 0.193. The molecule has 0 radical (unpaired) electrons. The van der Waals surface area contributed by atoms with E-state index in [0.29, 0.717) is 0 Å². The van der Waals surface area contributed by atoms with Crippen molar-refractivity contribution in [2.24, 2.45) is 23.7 Å². The van der Waals surface area contributed by atoms with Crippen molar-refractivity contribution in [1.82, 2.24) is 0 Å². The van der Waals surface area contributed by atoms with Crippen LogP contribution in [0.2, 0.25) is 0 Å². The van der Waals surface area contributed by atoms with Gasteiger partial charge in [0.2, 0.25) is 0 Å². The predicted molar refractivity (Wildman–Crippen MR) is 71.1 cm³/mol. The number of allylic oxidation sites excluding steroid dienone is 2. The van der Waals surface area contributed by atoms with Crippen LogP contribution in [-0.4, -0.2) is 11.9 Å². The minimum Gasteiger partial charge on any atom is -0.393 e. The van der Waals surface area contributed by atoms with Gasteiger partial charge in [0.05, 0.1) is 11.8 Å². The van der Waals surface area contributed by atoms with Crippen molar-refractivity contribution in [3.05, 3.63) is 12.2 Å². The molecule has 4 unspecified atom stereocenters. The van der Waals surface area contributed by atoms with Gasteiger partial charge in [-0.3, -0.25) is 9.59 Å². The Morgan fingerprint density at radius 2 is 1.16 bits per heavy atom. The zero-order chi connectivity index (χ0) is 13.2. The predicted octanol–water partition coefficient (Wildman–Crippen LogP) is 3.24. The first kappa shape index (κ1) is 12.9. The number of cyclic esters (lactones) is 2. The van der Waals surface area contributed by atoms with Gasteiger partial charge in [-0.05, 0) is 24.7 Å². The maximum absolute atomic E-state index is 11.9. The number of rotatable bonds is 0. The standard InChI is InChI=1S/C16H22O3/c17-15-13-11-7-5-3-1-2-4-6-8-12(10-9-11)14(13)16(18)19-15/h9-14H,1-8H2. The zero-order valence-electron chi connectivity index (χ0n) is 11.3. The first-order chi connectivity index (χ1) is 9.27. The van der Waals surface area contributed by atoms with Gasteiger partial charge in [-0.25, -0.2) is 0 Å². The first-order valence-corrected chi connectivity index (χ1v) is 7.71. The van der Waals surface area contributed by atoms with Crippen LogP contribution in [0.5, 0.6) is 0 Å². The van der Waals surface area contributed by atoms with Crippen molar-refractivity contribution >= 4 is 11.9 Å². The van der Waals surface area contributed by atoms with E-state index in [1.54, 1.807) is 0 Å². The molecule has 0 aromatic carbocycles. The van der Waals surface area contributed by atoms with Gasteiger partial charge < -0.3 is 4.74 Å². The Labute approximate surface area is 114 Å². The molecule has 19 heavy (non-hydrogen) atoms. The van der Waals surface area contributed by atoms with E-state index in [1.165, 1.54) is 25.7 Å². The summed E-state index contributed by atoms with van der Waals surface area (Å²) in [7, 11) is 0. The topological polar surface area (TPSA) is 43.4 Å². The maximum Gasteiger partial charge on any atom is 0.318 e. The average Bonchev–Trinajstić information content (AvgIpc) is 2.67. The normalized spacial score (nSPS) is 39.4. The lowest BCUT2D eigenvalue weighted by atomic mass is 9.69. The van der Waals surface area contributed by atoms with E-state index < -0.39 is 0 Å². The lowest BCUT2D eigenvalue weighted by molar-refractivity contribution is -0.154. The summed E-state index contributed by atoms with van der Waals surface area (Å²) in [5.74, 6) is -0.485. The molecule has 2 aliphatic carbocycles. The fraction of sp³-hybridized carbons (Fsp3) is 0.750. The van der Waals surface area contributed by atoms with Crippen LogP contribution < -0.4 is 0 Å². The van der Waals surface area contributed by atoms with Crippen LogP contribution in [-0.2, 0) is 14.3 Å². The van der Waals surface area contributed by atoms with Crippen molar-refractivity contribution in [1.29, 1.82) is 0 Å². The summed E-state index contributed by atoms with van der Waals surface area (Å²) in [6.07, 6.45) is 13.8. The Morgan fingerprint density at radius 1 is 0.737 bits per heavy atom. The second-order valence-electron chi connectivity index (χ2n) is 6.20. The van der Waals surface area contributed by atoms with E-state index in [-0.39, 0.29) is 35.6 Å². The number of fused-ring (bicyclic) bond motifs is 5. The van der Waals surface area contributed by atoms with Crippen LogP contribution in [0, 0.1) is 23.7 Å². The van der Waals surface area contributed by atoms with Crippen molar-refractivity contribution in [3.8, 4) is 0 Å². The molecule has 1 saturated heterocycles. The number of ether oxygens (including phenoxy) is 1. The van der Waals surface area contributed by atoms with Crippen LogP contribution in [0.1, 0.15) is 51.4 Å². The van der Waals surface area contributed by atoms with Crippen molar-refractivity contribution in [2.75, 3.05) is 0 Å². The molecular weight excluding hydrogens is 240 g/mol. The van der Waals surface area contributed by atoms with Gasteiger partial charge >= 0.3 is 11.9 Å². The fourth-order valence-electron chi connectivity index (χ4n) is 3.95. The van der Waals surface area contributed by atoms with E-state index >= 15 is 0 Å². The molecule has 104 valence electrons. The highest BCUT2D eigenvalue weighted by Crippen LogP contribution is 2.44. The van der Waals surface area contributed by atoms with E-state index in [9.17, 15) is 9.59 Å². The summed E-state index contributed by atoms with van der Waals surface area (Å²) in [6.45, 7) is 0. The largest absolute Gasteiger partial charge is 0.393 e. The number of esters is 2. The quantitative estimate of drug-likeness (QED) is 0.382. The van der Waals surface area contributed by atoms with Gasteiger partial charge in [0.1, 0.15) is 0 Å². The molecule has 1 aliphatic heterocycles. The van der Waals surface area contributed by atoms with Crippen LogP contribution >= 0.6 is 0 Å². The number of hydrogen-bond acceptors (Lipinski definition) is 3. The minimum atomic E-state index is -0.272. The third kappa shape index (κ3) is 2.47. The Hall–Kier alpha value is -1.12. The lowest BCUT2D eigenvalue weighted by Gasteiger charge is -2.31. The Balaban J connectivity index is 1.85. The van der Waals surface area contributed by atoms with Crippen molar-refractivity contribution < 1.29 is 14.3 Å². The summed E-state index contributed by atoms with van der Waals surface area (Å²) >= 11 is 0. The smallest absolute Gasteiger partial charge is 0.318 e. The average molecular weight is 262 g/mol. The number of carbonyl (C=O) groups is 2. The molecule has 3 heteroatoms. The van der Waals surface area contributed by atoms with Crippen LogP contribution in [0.3, 0.4) is 0 Å². The molecule has 1 fully saturated rings. The van der Waals surface area contributed by atoms with Gasteiger partial charge in [0, 0.05) is 0 Å². The summed E-state index contributed by atoms with van der Waals surface area (Å²) in [4.78, 5) is 23.9. The number of carbonyl (C=O) groups excluding carboxylic acids is 2. The lowest BCUT2D eigenvalue weighted by Crippen LogP contribution is -2.34. The monoisotopic (exact) mass is 262 g/mol. The van der Waals surface area contributed by atoms with E-state index in [4.69, 9.17) is 4.74 Å². The maximum atomic E-state index is 11.9. The molecule has 0 saturated carbocycles. The van der Waals surface area contributed by atoms with Gasteiger partial charge in [-0.2, -0.15) is 0 Å². The van der Waals surface area contributed by atoms with E-state index in [1.807, 2.05) is 0 Å². The molecule has 3 nitrogen and oxygen atoms in total. The fourth-order valence-corrected chi connectivity index (χ4v) is 3.95. The molecule has 0 aromatic heterocycles. The molecular formula is C16H22O3. The Morgan fingerprint density at radius 3 is 1.63 bits per heavy atom. The molecule has 0 aromatic rings. The summed E-state index contributed by atoms with van der Waals surface area (Å²) in [5, 5.41) is 0. The molecule has 2 bridgehead atoms. The Bertz CT molecular complexity index is 363. The molecule has 3 rings (SSSR count). The van der Waals surface area contributed by atoms with Crippen molar-refractivity contribution in [3.63, 3.8) is 0 Å². The summed E-state index contributed by atoms with van der Waals surface area (Å²) < 4.78 is 4.93. The van der Waals surface area contributed by atoms with Gasteiger partial charge in [0.15, 0.2) is 0 Å². The van der Waals surface area contributed by atoms with Crippen molar-refractivity contribution in [2.45, 2.75) is 51.4 Å². The highest BCUT2D eigenvalue weighted by atomic mass is 16.6. The molecule has 0 spiro atoms. The third-order valence-electron chi connectivity index (χ3n) is 4.99. The Kier molecular flexibility index (Phi) is 3.72. The molecule has 1 heterocycles. The molecule has 3 aliphatic rings. The molecule has 4 atom stereocenters. The van der Waals surface area contributed by atoms with E-state index in [0.717, 1.165) is 25.7 Å². The van der Waals surface area contributed by atoms with Crippen LogP contribution in [0.4, 0.5) is 0 Å². The van der Waals surface area contributed by atoms with Crippen LogP contribution in [0.25, 0.3) is 0 Å². The second-order valence-corrected chi connectivity index (χ2v) is 6.20. The second kappa shape index (κ2) is 5.48. The van der Waals surface area contributed by atoms with E-state index in [2.05, 4.69) is 12.2 Å². The van der Waals surface area contributed by atoms with Crippen LogP contribution in [0.15, 0.2) is 12.2 Å². The highest BCUT2D eigenvalue weighted by Gasteiger charge is 2.51. The zero-order valence-corrected chi connectivity index (χ0v) is 11.3. The highest BCUT2D eigenvalue weighted by molar-refractivity contribution is 5.97. The summed E-state index contributed by atoms with van der Waals surface area (Å²) in [5.41, 5.74) is 0.